The fourth-order valence-electron chi connectivity index (χ4n) is 0.747. The maximum atomic E-state index is 11.0. The summed E-state index contributed by atoms with van der Waals surface area (Å²) in [5, 5.41) is 8.56. The minimum absolute atomic E-state index is 0.201. The first-order valence-electron chi connectivity index (χ1n) is 3.25. The number of carboxylic acids is 1. The second-order valence-electron chi connectivity index (χ2n) is 2.00. The summed E-state index contributed by atoms with van der Waals surface area (Å²) in [6.45, 7) is 3.16. The normalized spacial score (nSPS) is 9.23. The zero-order valence-electron chi connectivity index (χ0n) is 6.48. The fourth-order valence-corrected chi connectivity index (χ4v) is 0.747. The van der Waals surface area contributed by atoms with Crippen molar-refractivity contribution >= 4 is 11.9 Å². The summed E-state index contributed by atoms with van der Waals surface area (Å²) in [5.74, 6) is -2.12. The lowest BCUT2D eigenvalue weighted by atomic mass is 10.3. The van der Waals surface area contributed by atoms with Crippen LogP contribution in [-0.2, 0) is 4.74 Å². The van der Waals surface area contributed by atoms with Crippen molar-refractivity contribution in [1.82, 2.24) is 9.97 Å². The van der Waals surface area contributed by atoms with Crippen LogP contribution < -0.4 is 0 Å². The summed E-state index contributed by atoms with van der Waals surface area (Å²) in [6, 6.07) is 0. The van der Waals surface area contributed by atoms with E-state index in [1.165, 1.54) is 0 Å². The first-order chi connectivity index (χ1) is 6.16. The SMILES string of the molecule is C=COC(=O)c1[nH]cnc1C(=O)O. The van der Waals surface area contributed by atoms with Crippen LogP contribution in [0.2, 0.25) is 0 Å². The highest BCUT2D eigenvalue weighted by Gasteiger charge is 2.19. The molecule has 13 heavy (non-hydrogen) atoms. The van der Waals surface area contributed by atoms with Crippen molar-refractivity contribution in [3.8, 4) is 0 Å². The number of nitrogens with one attached hydrogen (secondary N) is 1. The number of H-pyrrole nitrogens is 1. The van der Waals surface area contributed by atoms with Crippen LogP contribution in [-0.4, -0.2) is 27.0 Å². The van der Waals surface area contributed by atoms with Crippen LogP contribution in [0.15, 0.2) is 19.2 Å². The number of imidazole rings is 1. The van der Waals surface area contributed by atoms with E-state index in [2.05, 4.69) is 21.3 Å². The Morgan fingerprint density at radius 2 is 2.38 bits per heavy atom. The van der Waals surface area contributed by atoms with Gasteiger partial charge in [0.2, 0.25) is 0 Å². The summed E-state index contributed by atoms with van der Waals surface area (Å²) in [4.78, 5) is 27.3. The van der Waals surface area contributed by atoms with Crippen LogP contribution in [0.1, 0.15) is 21.0 Å². The Morgan fingerprint density at radius 1 is 1.69 bits per heavy atom. The molecule has 0 saturated heterocycles. The molecular weight excluding hydrogens is 176 g/mol. The van der Waals surface area contributed by atoms with Gasteiger partial charge >= 0.3 is 11.9 Å². The summed E-state index contributed by atoms with van der Waals surface area (Å²) in [5.41, 5.74) is -0.570. The second-order valence-corrected chi connectivity index (χ2v) is 2.00. The molecule has 6 heteroatoms. The van der Waals surface area contributed by atoms with E-state index in [-0.39, 0.29) is 11.4 Å². The van der Waals surface area contributed by atoms with Gasteiger partial charge in [-0.2, -0.15) is 0 Å². The molecule has 0 fully saturated rings. The van der Waals surface area contributed by atoms with Gasteiger partial charge in [-0.15, -0.1) is 0 Å². The van der Waals surface area contributed by atoms with E-state index in [4.69, 9.17) is 5.11 Å². The molecule has 1 heterocycles. The zero-order valence-corrected chi connectivity index (χ0v) is 6.48. The molecule has 1 aromatic heterocycles. The third kappa shape index (κ3) is 1.73. The molecule has 0 aliphatic heterocycles. The molecule has 0 unspecified atom stereocenters. The third-order valence-electron chi connectivity index (χ3n) is 1.24. The summed E-state index contributed by atoms with van der Waals surface area (Å²) in [6.07, 6.45) is 2.01. The molecule has 68 valence electrons. The molecule has 2 N–H and O–H groups in total. The van der Waals surface area contributed by atoms with Gasteiger partial charge in [-0.1, -0.05) is 6.58 Å². The van der Waals surface area contributed by atoms with Crippen molar-refractivity contribution in [2.24, 2.45) is 0 Å². The quantitative estimate of drug-likeness (QED) is 0.521. The monoisotopic (exact) mass is 182 g/mol. The second kappa shape index (κ2) is 3.53. The molecule has 0 bridgehead atoms. The summed E-state index contributed by atoms with van der Waals surface area (Å²) < 4.78 is 4.37. The minimum Gasteiger partial charge on any atom is -0.476 e. The van der Waals surface area contributed by atoms with Crippen molar-refractivity contribution in [3.05, 3.63) is 30.6 Å². The molecule has 0 amide bonds. The minimum atomic E-state index is -1.29. The highest BCUT2D eigenvalue weighted by atomic mass is 16.5. The molecule has 0 radical (unpaired) electrons. The predicted octanol–water partition coefficient (Wildman–Crippen LogP) is 0.408. The molecule has 0 atom stereocenters. The first-order valence-corrected chi connectivity index (χ1v) is 3.25. The number of esters is 1. The van der Waals surface area contributed by atoms with E-state index < -0.39 is 11.9 Å². The zero-order chi connectivity index (χ0) is 9.84. The van der Waals surface area contributed by atoms with Crippen LogP contribution in [0.3, 0.4) is 0 Å². The number of rotatable bonds is 3. The van der Waals surface area contributed by atoms with Gasteiger partial charge in [-0.25, -0.2) is 14.6 Å². The molecule has 1 aromatic rings. The van der Waals surface area contributed by atoms with E-state index in [0.29, 0.717) is 0 Å². The van der Waals surface area contributed by atoms with E-state index in [9.17, 15) is 9.59 Å². The molecular formula is C7H6N2O4. The number of aromatic nitrogens is 2. The molecule has 1 rings (SSSR count). The smallest absolute Gasteiger partial charge is 0.362 e. The van der Waals surface area contributed by atoms with Crippen LogP contribution in [0.5, 0.6) is 0 Å². The van der Waals surface area contributed by atoms with Gasteiger partial charge in [0.05, 0.1) is 12.6 Å². The number of nitrogens with zero attached hydrogens (tertiary/aromatic N) is 1. The van der Waals surface area contributed by atoms with Gasteiger partial charge in [0.1, 0.15) is 0 Å². The Hall–Kier alpha value is -2.11. The Kier molecular flexibility index (Phi) is 2.44. The number of carbonyl (C=O) groups excluding carboxylic acids is 1. The van der Waals surface area contributed by atoms with Crippen molar-refractivity contribution in [1.29, 1.82) is 0 Å². The average Bonchev–Trinajstić information content (AvgIpc) is 2.52. The van der Waals surface area contributed by atoms with Gasteiger partial charge < -0.3 is 14.8 Å². The van der Waals surface area contributed by atoms with Gasteiger partial charge in [0.25, 0.3) is 0 Å². The fraction of sp³-hybridized carbons (Fsp3) is 0. The lowest BCUT2D eigenvalue weighted by Gasteiger charge is -1.95. The van der Waals surface area contributed by atoms with Crippen LogP contribution in [0.25, 0.3) is 0 Å². The largest absolute Gasteiger partial charge is 0.476 e. The predicted molar refractivity (Wildman–Crippen MR) is 41.2 cm³/mol. The molecule has 6 nitrogen and oxygen atoms in total. The average molecular weight is 182 g/mol. The standard InChI is InChI=1S/C7H6N2O4/c1-2-13-7(12)5-4(6(10)11)8-3-9-5/h2-3H,1H2,(H,8,9)(H,10,11). The summed E-state index contributed by atoms with van der Waals surface area (Å²) in [7, 11) is 0. The number of hydrogen-bond acceptors (Lipinski definition) is 4. The lowest BCUT2D eigenvalue weighted by molar-refractivity contribution is 0.0626. The first kappa shape index (κ1) is 8.98. The van der Waals surface area contributed by atoms with E-state index in [1.54, 1.807) is 0 Å². The van der Waals surface area contributed by atoms with Gasteiger partial charge in [0, 0.05) is 0 Å². The Bertz CT molecular complexity index is 355. The van der Waals surface area contributed by atoms with Crippen LogP contribution in [0.4, 0.5) is 0 Å². The van der Waals surface area contributed by atoms with Crippen molar-refractivity contribution < 1.29 is 19.4 Å². The van der Waals surface area contributed by atoms with Crippen molar-refractivity contribution in [3.63, 3.8) is 0 Å². The van der Waals surface area contributed by atoms with Gasteiger partial charge in [0.15, 0.2) is 11.4 Å². The highest BCUT2D eigenvalue weighted by Crippen LogP contribution is 2.04. The molecule has 0 aliphatic carbocycles. The number of carbonyl (C=O) groups is 2. The number of aromatic carboxylic acids is 1. The van der Waals surface area contributed by atoms with Gasteiger partial charge in [-0.05, 0) is 0 Å². The van der Waals surface area contributed by atoms with Gasteiger partial charge in [-0.3, -0.25) is 0 Å². The number of hydrogen-bond donors (Lipinski definition) is 2. The Balaban J connectivity index is 3.00. The van der Waals surface area contributed by atoms with Crippen molar-refractivity contribution in [2.75, 3.05) is 0 Å². The molecule has 0 aliphatic rings. The number of carboxylic acid groups (broad SMARTS) is 1. The lowest BCUT2D eigenvalue weighted by Crippen LogP contribution is -2.09. The Labute approximate surface area is 72.9 Å². The summed E-state index contributed by atoms with van der Waals surface area (Å²) >= 11 is 0. The van der Waals surface area contributed by atoms with Crippen LogP contribution in [0, 0.1) is 0 Å². The number of aromatic amines is 1. The topological polar surface area (TPSA) is 92.3 Å². The van der Waals surface area contributed by atoms with E-state index >= 15 is 0 Å². The Morgan fingerprint density at radius 3 is 2.92 bits per heavy atom. The van der Waals surface area contributed by atoms with Crippen LogP contribution >= 0.6 is 0 Å². The third-order valence-corrected chi connectivity index (χ3v) is 1.24. The van der Waals surface area contributed by atoms with E-state index in [0.717, 1.165) is 12.6 Å². The molecule has 0 aromatic carbocycles. The molecule has 0 saturated carbocycles. The van der Waals surface area contributed by atoms with Crippen molar-refractivity contribution in [2.45, 2.75) is 0 Å². The molecule has 0 spiro atoms. The number of ether oxygens (including phenoxy) is 1. The van der Waals surface area contributed by atoms with E-state index in [1.807, 2.05) is 0 Å². The highest BCUT2D eigenvalue weighted by molar-refractivity contribution is 5.99. The maximum Gasteiger partial charge on any atom is 0.362 e. The maximum absolute atomic E-state index is 11.0.